The summed E-state index contributed by atoms with van der Waals surface area (Å²) in [6.45, 7) is 0.292. The first-order valence-corrected chi connectivity index (χ1v) is 9.88. The van der Waals surface area contributed by atoms with Crippen LogP contribution in [0.4, 0.5) is 18.9 Å². The summed E-state index contributed by atoms with van der Waals surface area (Å²) in [5.74, 6) is 0.463. The van der Waals surface area contributed by atoms with E-state index >= 15 is 0 Å². The highest BCUT2D eigenvalue weighted by atomic mass is 19.4. The lowest BCUT2D eigenvalue weighted by molar-refractivity contribution is -0.137. The van der Waals surface area contributed by atoms with Gasteiger partial charge in [0.25, 0.3) is 0 Å². The summed E-state index contributed by atoms with van der Waals surface area (Å²) in [5.41, 5.74) is 10.3. The molecule has 3 aromatic rings. The molecule has 0 bridgehead atoms. The quantitative estimate of drug-likeness (QED) is 0.462. The molecule has 3 aromatic carbocycles. The van der Waals surface area contributed by atoms with Crippen LogP contribution in [-0.2, 0) is 12.8 Å². The molecule has 1 aliphatic rings. The Labute approximate surface area is 173 Å². The average Bonchev–Trinajstić information content (AvgIpc) is 3.22. The van der Waals surface area contributed by atoms with Gasteiger partial charge in [-0.05, 0) is 71.9 Å². The summed E-state index contributed by atoms with van der Waals surface area (Å²) in [7, 11) is 0. The number of benzene rings is 3. The number of alkyl halides is 3. The van der Waals surface area contributed by atoms with Crippen LogP contribution >= 0.6 is 0 Å². The third-order valence-electron chi connectivity index (χ3n) is 5.32. The standard InChI is InChI=1S/C25H22F3NO/c26-25(27,28)19-12-13-24(30-16-17-6-2-1-3-7-17)23(15-19)22-11-5-10-21(22)18-8-4-9-20(29)14-18/h1-4,6-9,12-15H,5,10-11,16,29H2. The van der Waals surface area contributed by atoms with E-state index in [0.717, 1.165) is 41.2 Å². The van der Waals surface area contributed by atoms with Gasteiger partial charge in [0.15, 0.2) is 0 Å². The first-order chi connectivity index (χ1) is 14.4. The topological polar surface area (TPSA) is 35.2 Å². The Kier molecular flexibility index (Phi) is 5.53. The summed E-state index contributed by atoms with van der Waals surface area (Å²) < 4.78 is 46.3. The van der Waals surface area contributed by atoms with Crippen molar-refractivity contribution in [1.29, 1.82) is 0 Å². The number of hydrogen-bond donors (Lipinski definition) is 1. The van der Waals surface area contributed by atoms with E-state index in [-0.39, 0.29) is 0 Å². The van der Waals surface area contributed by atoms with Gasteiger partial charge in [-0.25, -0.2) is 0 Å². The van der Waals surface area contributed by atoms with E-state index in [1.807, 2.05) is 48.5 Å². The van der Waals surface area contributed by atoms with Crippen molar-refractivity contribution in [3.63, 3.8) is 0 Å². The molecule has 0 amide bonds. The molecule has 4 rings (SSSR count). The number of nitrogen functional groups attached to an aromatic ring is 1. The van der Waals surface area contributed by atoms with Crippen molar-refractivity contribution in [3.05, 3.63) is 95.1 Å². The highest BCUT2D eigenvalue weighted by molar-refractivity contribution is 5.95. The van der Waals surface area contributed by atoms with E-state index in [4.69, 9.17) is 10.5 Å². The number of allylic oxidation sites excluding steroid dienone is 2. The lowest BCUT2D eigenvalue weighted by atomic mass is 9.95. The van der Waals surface area contributed by atoms with Crippen molar-refractivity contribution in [2.75, 3.05) is 5.73 Å². The van der Waals surface area contributed by atoms with Gasteiger partial charge in [0.2, 0.25) is 0 Å². The predicted molar refractivity (Wildman–Crippen MR) is 114 cm³/mol. The van der Waals surface area contributed by atoms with E-state index < -0.39 is 11.7 Å². The van der Waals surface area contributed by atoms with Crippen LogP contribution in [0.5, 0.6) is 5.75 Å². The van der Waals surface area contributed by atoms with Crippen LogP contribution in [0.15, 0.2) is 72.8 Å². The molecular formula is C25H22F3NO. The minimum absolute atomic E-state index is 0.292. The zero-order valence-electron chi connectivity index (χ0n) is 16.4. The van der Waals surface area contributed by atoms with Gasteiger partial charge in [-0.3, -0.25) is 0 Å². The third kappa shape index (κ3) is 4.35. The summed E-state index contributed by atoms with van der Waals surface area (Å²) in [4.78, 5) is 0. The largest absolute Gasteiger partial charge is 0.488 e. The number of halogens is 3. The van der Waals surface area contributed by atoms with Crippen LogP contribution in [0.3, 0.4) is 0 Å². The van der Waals surface area contributed by atoms with Crippen LogP contribution < -0.4 is 10.5 Å². The number of anilines is 1. The average molecular weight is 409 g/mol. The summed E-state index contributed by atoms with van der Waals surface area (Å²) in [5, 5.41) is 0. The normalized spacial score (nSPS) is 14.2. The monoisotopic (exact) mass is 409 g/mol. The minimum Gasteiger partial charge on any atom is -0.488 e. The zero-order chi connectivity index (χ0) is 21.1. The SMILES string of the molecule is Nc1cccc(C2=C(c3cc(C(F)(F)F)ccc3OCc3ccccc3)CCC2)c1. The van der Waals surface area contributed by atoms with Gasteiger partial charge in [-0.2, -0.15) is 13.2 Å². The highest BCUT2D eigenvalue weighted by Crippen LogP contribution is 2.45. The Balaban J connectivity index is 1.78. The Morgan fingerprint density at radius 2 is 1.60 bits per heavy atom. The summed E-state index contributed by atoms with van der Waals surface area (Å²) in [6, 6.07) is 20.8. The molecule has 5 heteroatoms. The molecule has 0 aromatic heterocycles. The highest BCUT2D eigenvalue weighted by Gasteiger charge is 2.32. The van der Waals surface area contributed by atoms with Crippen LogP contribution in [0.2, 0.25) is 0 Å². The van der Waals surface area contributed by atoms with Gasteiger partial charge < -0.3 is 10.5 Å². The molecule has 2 nitrogen and oxygen atoms in total. The van der Waals surface area contributed by atoms with Gasteiger partial charge in [-0.1, -0.05) is 42.5 Å². The second-order valence-corrected chi connectivity index (χ2v) is 7.42. The molecule has 0 heterocycles. The molecule has 0 atom stereocenters. The van der Waals surface area contributed by atoms with E-state index in [2.05, 4.69) is 0 Å². The number of ether oxygens (including phenoxy) is 1. The molecule has 1 aliphatic carbocycles. The molecule has 2 N–H and O–H groups in total. The van der Waals surface area contributed by atoms with Gasteiger partial charge in [0.1, 0.15) is 12.4 Å². The predicted octanol–water partition coefficient (Wildman–Crippen LogP) is 6.96. The smallest absolute Gasteiger partial charge is 0.416 e. The van der Waals surface area contributed by atoms with Crippen molar-refractivity contribution in [2.45, 2.75) is 32.0 Å². The van der Waals surface area contributed by atoms with E-state index in [9.17, 15) is 13.2 Å². The van der Waals surface area contributed by atoms with Crippen LogP contribution in [0.1, 0.15) is 41.5 Å². The van der Waals surface area contributed by atoms with Gasteiger partial charge in [0.05, 0.1) is 5.56 Å². The van der Waals surface area contributed by atoms with E-state index in [0.29, 0.717) is 30.0 Å². The Morgan fingerprint density at radius 3 is 2.33 bits per heavy atom. The number of nitrogens with two attached hydrogens (primary N) is 1. The molecule has 0 unspecified atom stereocenters. The molecular weight excluding hydrogens is 387 g/mol. The molecule has 0 aliphatic heterocycles. The van der Waals surface area contributed by atoms with Crippen molar-refractivity contribution in [2.24, 2.45) is 0 Å². The summed E-state index contributed by atoms with van der Waals surface area (Å²) in [6.07, 6.45) is -2.03. The van der Waals surface area contributed by atoms with Gasteiger partial charge in [-0.15, -0.1) is 0 Å². The minimum atomic E-state index is -4.41. The Bertz CT molecular complexity index is 1070. The van der Waals surface area contributed by atoms with Crippen molar-refractivity contribution in [3.8, 4) is 5.75 Å². The van der Waals surface area contributed by atoms with E-state index in [1.54, 1.807) is 6.07 Å². The van der Waals surface area contributed by atoms with Crippen molar-refractivity contribution >= 4 is 16.8 Å². The van der Waals surface area contributed by atoms with Crippen LogP contribution in [0.25, 0.3) is 11.1 Å². The fourth-order valence-electron chi connectivity index (χ4n) is 3.89. The maximum absolute atomic E-state index is 13.4. The molecule has 0 spiro atoms. The lowest BCUT2D eigenvalue weighted by Gasteiger charge is -2.17. The van der Waals surface area contributed by atoms with Crippen LogP contribution in [-0.4, -0.2) is 0 Å². The fraction of sp³-hybridized carbons (Fsp3) is 0.200. The molecule has 0 fully saturated rings. The van der Waals surface area contributed by atoms with Crippen molar-refractivity contribution < 1.29 is 17.9 Å². The molecule has 0 saturated heterocycles. The molecule has 154 valence electrons. The molecule has 30 heavy (non-hydrogen) atoms. The molecule has 0 radical (unpaired) electrons. The zero-order valence-corrected chi connectivity index (χ0v) is 16.4. The first kappa shape index (κ1) is 20.1. The Hall–Kier alpha value is -3.21. The number of rotatable bonds is 5. The maximum atomic E-state index is 13.4. The van der Waals surface area contributed by atoms with Crippen molar-refractivity contribution in [1.82, 2.24) is 0 Å². The maximum Gasteiger partial charge on any atom is 0.416 e. The summed E-state index contributed by atoms with van der Waals surface area (Å²) >= 11 is 0. The number of hydrogen-bond acceptors (Lipinski definition) is 2. The Morgan fingerprint density at radius 1 is 0.833 bits per heavy atom. The lowest BCUT2D eigenvalue weighted by Crippen LogP contribution is -2.07. The van der Waals surface area contributed by atoms with Gasteiger partial charge in [0, 0.05) is 11.3 Å². The van der Waals surface area contributed by atoms with Gasteiger partial charge >= 0.3 is 6.18 Å². The molecule has 0 saturated carbocycles. The van der Waals surface area contributed by atoms with E-state index in [1.165, 1.54) is 12.1 Å². The second-order valence-electron chi connectivity index (χ2n) is 7.42. The van der Waals surface area contributed by atoms with Crippen LogP contribution in [0, 0.1) is 0 Å². The second kappa shape index (κ2) is 8.27. The third-order valence-corrected chi connectivity index (χ3v) is 5.32. The fourth-order valence-corrected chi connectivity index (χ4v) is 3.89. The first-order valence-electron chi connectivity index (χ1n) is 9.88.